The van der Waals surface area contributed by atoms with Gasteiger partial charge in [-0.25, -0.2) is 8.78 Å². The highest BCUT2D eigenvalue weighted by atomic mass is 19.1. The van der Waals surface area contributed by atoms with Gasteiger partial charge in [-0.05, 0) is 26.0 Å². The van der Waals surface area contributed by atoms with Crippen LogP contribution < -0.4 is 5.73 Å². The topological polar surface area (TPSA) is 56.7 Å². The second-order valence-electron chi connectivity index (χ2n) is 4.02. The lowest BCUT2D eigenvalue weighted by atomic mass is 10.1. The molecule has 0 radical (unpaired) electrons. The highest BCUT2D eigenvalue weighted by molar-refractivity contribution is 5.61. The van der Waals surface area contributed by atoms with E-state index in [1.165, 1.54) is 6.33 Å². The van der Waals surface area contributed by atoms with E-state index >= 15 is 0 Å². The molecular weight excluding hydrogens is 226 g/mol. The predicted molar refractivity (Wildman–Crippen MR) is 60.2 cm³/mol. The molecule has 0 unspecified atom stereocenters. The molecule has 1 aromatic heterocycles. The third-order valence-corrected chi connectivity index (χ3v) is 2.42. The summed E-state index contributed by atoms with van der Waals surface area (Å²) in [6, 6.07) is 2.14. The number of nitrogens with two attached hydrogens (primary N) is 1. The summed E-state index contributed by atoms with van der Waals surface area (Å²) in [4.78, 5) is 0. The Morgan fingerprint density at radius 1 is 1.24 bits per heavy atom. The van der Waals surface area contributed by atoms with Crippen LogP contribution >= 0.6 is 0 Å². The fourth-order valence-electron chi connectivity index (χ4n) is 1.61. The van der Waals surface area contributed by atoms with Gasteiger partial charge in [-0.1, -0.05) is 0 Å². The number of aromatic nitrogens is 3. The number of hydrogen-bond acceptors (Lipinski definition) is 3. The summed E-state index contributed by atoms with van der Waals surface area (Å²) in [7, 11) is 0. The molecule has 0 amide bonds. The first kappa shape index (κ1) is 11.5. The van der Waals surface area contributed by atoms with Crippen molar-refractivity contribution >= 4 is 5.69 Å². The summed E-state index contributed by atoms with van der Waals surface area (Å²) in [5.74, 6) is -1.31. The van der Waals surface area contributed by atoms with E-state index in [1.807, 2.05) is 13.8 Å². The van der Waals surface area contributed by atoms with Gasteiger partial charge in [0.05, 0.1) is 5.56 Å². The molecule has 0 fully saturated rings. The molecule has 6 heteroatoms. The Balaban J connectivity index is 2.64. The van der Waals surface area contributed by atoms with Crippen LogP contribution in [0.1, 0.15) is 19.9 Å². The van der Waals surface area contributed by atoms with Crippen molar-refractivity contribution in [2.75, 3.05) is 5.73 Å². The van der Waals surface area contributed by atoms with E-state index < -0.39 is 11.6 Å². The zero-order valence-electron chi connectivity index (χ0n) is 9.48. The monoisotopic (exact) mass is 238 g/mol. The number of rotatable bonds is 2. The molecule has 2 N–H and O–H groups in total. The lowest BCUT2D eigenvalue weighted by molar-refractivity contribution is 0.571. The van der Waals surface area contributed by atoms with E-state index in [2.05, 4.69) is 10.2 Å². The molecule has 0 atom stereocenters. The average Bonchev–Trinajstić information content (AvgIpc) is 2.64. The van der Waals surface area contributed by atoms with Crippen LogP contribution in [0.2, 0.25) is 0 Å². The van der Waals surface area contributed by atoms with Crippen LogP contribution in [-0.2, 0) is 0 Å². The summed E-state index contributed by atoms with van der Waals surface area (Å²) < 4.78 is 29.0. The first-order valence-electron chi connectivity index (χ1n) is 5.15. The minimum atomic E-state index is -0.739. The van der Waals surface area contributed by atoms with Gasteiger partial charge in [0.15, 0.2) is 5.82 Å². The second kappa shape index (κ2) is 4.12. The van der Waals surface area contributed by atoms with Crippen LogP contribution in [0.15, 0.2) is 18.5 Å². The summed E-state index contributed by atoms with van der Waals surface area (Å²) in [5, 5.41) is 7.42. The van der Waals surface area contributed by atoms with Gasteiger partial charge in [-0.3, -0.25) is 0 Å². The van der Waals surface area contributed by atoms with Crippen LogP contribution in [0.4, 0.5) is 14.5 Å². The molecule has 0 saturated heterocycles. The molecule has 0 aliphatic heterocycles. The van der Waals surface area contributed by atoms with Crippen LogP contribution in [0.3, 0.4) is 0 Å². The molecule has 2 aromatic rings. The predicted octanol–water partition coefficient (Wildman–Crippen LogP) is 2.39. The zero-order chi connectivity index (χ0) is 12.6. The number of benzene rings is 1. The molecule has 1 heterocycles. The van der Waals surface area contributed by atoms with Crippen molar-refractivity contribution in [2.45, 2.75) is 19.9 Å². The standard InChI is InChI=1S/C11H12F2N4/c1-6(2)17-5-15-16-11(17)10-8(12)3-7(14)4-9(10)13/h3-6H,14H2,1-2H3. The van der Waals surface area contributed by atoms with Crippen molar-refractivity contribution in [3.63, 3.8) is 0 Å². The average molecular weight is 238 g/mol. The molecule has 0 aliphatic rings. The molecule has 0 spiro atoms. The molecule has 17 heavy (non-hydrogen) atoms. The van der Waals surface area contributed by atoms with Crippen molar-refractivity contribution in [3.8, 4) is 11.4 Å². The summed E-state index contributed by atoms with van der Waals surface area (Å²) >= 11 is 0. The third kappa shape index (κ3) is 1.98. The molecule has 0 bridgehead atoms. The highest BCUT2D eigenvalue weighted by Gasteiger charge is 2.19. The maximum Gasteiger partial charge on any atom is 0.169 e. The van der Waals surface area contributed by atoms with Crippen molar-refractivity contribution in [2.24, 2.45) is 0 Å². The van der Waals surface area contributed by atoms with E-state index in [1.54, 1.807) is 4.57 Å². The van der Waals surface area contributed by atoms with Crippen LogP contribution in [0, 0.1) is 11.6 Å². The Bertz CT molecular complexity index is 525. The lowest BCUT2D eigenvalue weighted by Gasteiger charge is -2.11. The summed E-state index contributed by atoms with van der Waals surface area (Å²) in [6.45, 7) is 3.75. The number of hydrogen-bond donors (Lipinski definition) is 1. The van der Waals surface area contributed by atoms with Crippen molar-refractivity contribution in [3.05, 3.63) is 30.1 Å². The van der Waals surface area contributed by atoms with Gasteiger partial charge in [0, 0.05) is 11.7 Å². The van der Waals surface area contributed by atoms with Gasteiger partial charge in [-0.2, -0.15) is 0 Å². The van der Waals surface area contributed by atoms with Crippen LogP contribution in [-0.4, -0.2) is 14.8 Å². The van der Waals surface area contributed by atoms with Gasteiger partial charge >= 0.3 is 0 Å². The summed E-state index contributed by atoms with van der Waals surface area (Å²) in [5.41, 5.74) is 5.19. The van der Waals surface area contributed by atoms with Gasteiger partial charge in [-0.15, -0.1) is 10.2 Å². The lowest BCUT2D eigenvalue weighted by Crippen LogP contribution is -2.05. The van der Waals surface area contributed by atoms with E-state index in [0.717, 1.165) is 12.1 Å². The molecule has 90 valence electrons. The molecule has 0 saturated carbocycles. The Kier molecular flexibility index (Phi) is 2.79. The second-order valence-corrected chi connectivity index (χ2v) is 4.02. The zero-order valence-corrected chi connectivity index (χ0v) is 9.48. The fraction of sp³-hybridized carbons (Fsp3) is 0.273. The first-order valence-corrected chi connectivity index (χ1v) is 5.15. The number of nitrogens with zero attached hydrogens (tertiary/aromatic N) is 3. The van der Waals surface area contributed by atoms with Gasteiger partial charge in [0.25, 0.3) is 0 Å². The van der Waals surface area contributed by atoms with Crippen LogP contribution in [0.5, 0.6) is 0 Å². The molecule has 2 rings (SSSR count). The number of anilines is 1. The van der Waals surface area contributed by atoms with E-state index in [4.69, 9.17) is 5.73 Å². The van der Waals surface area contributed by atoms with E-state index in [0.29, 0.717) is 0 Å². The molecule has 1 aromatic carbocycles. The third-order valence-electron chi connectivity index (χ3n) is 2.42. The number of nitrogen functional groups attached to an aromatic ring is 1. The van der Waals surface area contributed by atoms with E-state index in [-0.39, 0.29) is 23.1 Å². The largest absolute Gasteiger partial charge is 0.399 e. The highest BCUT2D eigenvalue weighted by Crippen LogP contribution is 2.27. The Labute approximate surface area is 97.1 Å². The first-order chi connectivity index (χ1) is 8.00. The van der Waals surface area contributed by atoms with Crippen molar-refractivity contribution in [1.29, 1.82) is 0 Å². The Hall–Kier alpha value is -1.98. The van der Waals surface area contributed by atoms with Crippen LogP contribution in [0.25, 0.3) is 11.4 Å². The Morgan fingerprint density at radius 2 is 1.82 bits per heavy atom. The molecule has 4 nitrogen and oxygen atoms in total. The number of halogens is 2. The van der Waals surface area contributed by atoms with Gasteiger partial charge < -0.3 is 10.3 Å². The Morgan fingerprint density at radius 3 is 2.35 bits per heavy atom. The minimum absolute atomic E-state index is 0.0105. The van der Waals surface area contributed by atoms with Gasteiger partial charge in [0.2, 0.25) is 0 Å². The molecule has 0 aliphatic carbocycles. The quantitative estimate of drug-likeness (QED) is 0.817. The molecular formula is C11H12F2N4. The SMILES string of the molecule is CC(C)n1cnnc1-c1c(F)cc(N)cc1F. The van der Waals surface area contributed by atoms with E-state index in [9.17, 15) is 8.78 Å². The fourth-order valence-corrected chi connectivity index (χ4v) is 1.61. The maximum absolute atomic E-state index is 13.7. The van der Waals surface area contributed by atoms with Crippen molar-refractivity contribution in [1.82, 2.24) is 14.8 Å². The van der Waals surface area contributed by atoms with Crippen molar-refractivity contribution < 1.29 is 8.78 Å². The summed E-state index contributed by atoms with van der Waals surface area (Å²) in [6.07, 6.45) is 1.44. The van der Waals surface area contributed by atoms with Gasteiger partial charge in [0.1, 0.15) is 18.0 Å². The smallest absolute Gasteiger partial charge is 0.169 e. The maximum atomic E-state index is 13.7. The minimum Gasteiger partial charge on any atom is -0.399 e. The normalized spacial score (nSPS) is 11.1.